The highest BCUT2D eigenvalue weighted by atomic mass is 16.4. The molecule has 0 fully saturated rings. The van der Waals surface area contributed by atoms with Crippen LogP contribution in [0.1, 0.15) is 68.1 Å². The molecule has 1 aromatic rings. The first kappa shape index (κ1) is 19.7. The van der Waals surface area contributed by atoms with E-state index in [9.17, 15) is 19.8 Å². The minimum atomic E-state index is -0.885. The number of hydrogen-bond donors (Lipinski definition) is 4. The Balaban J connectivity index is 2.18. The second-order valence-corrected chi connectivity index (χ2v) is 5.78. The van der Waals surface area contributed by atoms with Gasteiger partial charge in [-0.05, 0) is 12.8 Å². The standard InChI is InChI=1S/C16H25N3O5/c17-18-15(23)12-11-13(20)19(16(12)24)10-8-6-4-2-1-3-5-7-9-14(21)22/h11,17,20,24H,1-10H2,(H,21,22). The predicted molar refractivity (Wildman–Crippen MR) is 86.4 cm³/mol. The zero-order chi connectivity index (χ0) is 17.9. The molecule has 0 spiro atoms. The van der Waals surface area contributed by atoms with Crippen LogP contribution >= 0.6 is 0 Å². The zero-order valence-electron chi connectivity index (χ0n) is 13.7. The van der Waals surface area contributed by atoms with Crippen molar-refractivity contribution in [3.63, 3.8) is 0 Å². The largest absolute Gasteiger partial charge is 0.494 e. The van der Waals surface area contributed by atoms with Gasteiger partial charge in [-0.2, -0.15) is 0 Å². The van der Waals surface area contributed by atoms with Crippen LogP contribution in [0.3, 0.4) is 0 Å². The van der Waals surface area contributed by atoms with Crippen molar-refractivity contribution in [3.05, 3.63) is 11.6 Å². The topological polar surface area (TPSA) is 136 Å². The molecule has 1 rings (SSSR count). The van der Waals surface area contributed by atoms with Crippen LogP contribution in [0.25, 0.3) is 0 Å². The summed E-state index contributed by atoms with van der Waals surface area (Å²) in [5.74, 6) is -2.19. The van der Waals surface area contributed by atoms with E-state index in [4.69, 9.17) is 10.6 Å². The number of amides is 1. The molecule has 0 atom stereocenters. The summed E-state index contributed by atoms with van der Waals surface area (Å²) in [5.41, 5.74) is 6.50. The van der Waals surface area contributed by atoms with Crippen molar-refractivity contribution >= 4 is 11.9 Å². The fourth-order valence-electron chi connectivity index (χ4n) is 2.57. The molecule has 4 N–H and O–H groups in total. The van der Waals surface area contributed by atoms with Gasteiger partial charge in [0.25, 0.3) is 5.91 Å². The third kappa shape index (κ3) is 6.39. The fourth-order valence-corrected chi connectivity index (χ4v) is 2.57. The van der Waals surface area contributed by atoms with Crippen molar-refractivity contribution in [1.82, 2.24) is 4.57 Å². The Morgan fingerprint density at radius 3 is 2.08 bits per heavy atom. The molecule has 0 saturated heterocycles. The highest BCUT2D eigenvalue weighted by Gasteiger charge is 2.19. The number of nitrogens with one attached hydrogen (secondary N) is 1. The number of aromatic hydroxyl groups is 2. The van der Waals surface area contributed by atoms with Crippen LogP contribution in [0.2, 0.25) is 0 Å². The second-order valence-electron chi connectivity index (χ2n) is 5.78. The van der Waals surface area contributed by atoms with Crippen LogP contribution in [-0.4, -0.2) is 31.8 Å². The van der Waals surface area contributed by atoms with Gasteiger partial charge in [0, 0.05) is 19.0 Å². The molecule has 8 heteroatoms. The maximum absolute atomic E-state index is 11.3. The molecule has 0 aromatic carbocycles. The first-order valence-corrected chi connectivity index (χ1v) is 8.22. The molecule has 0 radical (unpaired) electrons. The number of carbonyl (C=O) groups is 2. The van der Waals surface area contributed by atoms with Gasteiger partial charge in [-0.3, -0.25) is 14.2 Å². The lowest BCUT2D eigenvalue weighted by atomic mass is 10.1. The van der Waals surface area contributed by atoms with Crippen LogP contribution in [0, 0.1) is 5.53 Å². The van der Waals surface area contributed by atoms with E-state index < -0.39 is 11.9 Å². The van der Waals surface area contributed by atoms with Gasteiger partial charge in [-0.1, -0.05) is 38.5 Å². The first-order valence-electron chi connectivity index (χ1n) is 8.22. The smallest absolute Gasteiger partial charge is 0.303 e. The molecule has 0 aliphatic rings. The van der Waals surface area contributed by atoms with E-state index in [-0.39, 0.29) is 23.7 Å². The summed E-state index contributed by atoms with van der Waals surface area (Å²) in [5, 5.41) is 30.8. The van der Waals surface area contributed by atoms with Crippen molar-refractivity contribution in [3.8, 4) is 11.8 Å². The summed E-state index contributed by atoms with van der Waals surface area (Å²) in [6, 6.07) is 1.12. The lowest BCUT2D eigenvalue weighted by Crippen LogP contribution is -1.98. The summed E-state index contributed by atoms with van der Waals surface area (Å²) in [6.07, 6.45) is 7.79. The van der Waals surface area contributed by atoms with Gasteiger partial charge in [0.05, 0.1) is 0 Å². The van der Waals surface area contributed by atoms with Gasteiger partial charge in [-0.25, -0.2) is 5.53 Å². The third-order valence-electron chi connectivity index (χ3n) is 3.90. The first-order chi connectivity index (χ1) is 11.5. The van der Waals surface area contributed by atoms with E-state index in [0.29, 0.717) is 6.54 Å². The number of nitrogens with zero attached hydrogens (tertiary/aromatic N) is 2. The van der Waals surface area contributed by atoms with Crippen LogP contribution in [0.4, 0.5) is 0 Å². The van der Waals surface area contributed by atoms with Crippen LogP contribution < -0.4 is 0 Å². The van der Waals surface area contributed by atoms with Gasteiger partial charge in [-0.15, -0.1) is 5.11 Å². The Morgan fingerprint density at radius 2 is 1.54 bits per heavy atom. The van der Waals surface area contributed by atoms with E-state index in [1.165, 1.54) is 4.57 Å². The van der Waals surface area contributed by atoms with E-state index in [1.54, 1.807) is 0 Å². The number of aliphatic carboxylic acids is 1. The Bertz CT molecular complexity index is 568. The van der Waals surface area contributed by atoms with Gasteiger partial charge >= 0.3 is 5.97 Å². The molecule has 1 amide bonds. The highest BCUT2D eigenvalue weighted by Crippen LogP contribution is 2.28. The molecule has 0 aliphatic heterocycles. The summed E-state index contributed by atoms with van der Waals surface area (Å²) in [6.45, 7) is 0.390. The molecule has 0 aliphatic carbocycles. The van der Waals surface area contributed by atoms with Gasteiger partial charge < -0.3 is 15.3 Å². The number of hydrogen-bond acceptors (Lipinski definition) is 5. The van der Waals surface area contributed by atoms with E-state index >= 15 is 0 Å². The van der Waals surface area contributed by atoms with Crippen molar-refractivity contribution in [2.24, 2.45) is 5.11 Å². The number of carboxylic acid groups (broad SMARTS) is 1. The number of carbonyl (C=O) groups excluding carboxylic acids is 1. The molecule has 134 valence electrons. The average molecular weight is 339 g/mol. The van der Waals surface area contributed by atoms with Gasteiger partial charge in [0.2, 0.25) is 5.88 Å². The van der Waals surface area contributed by atoms with Crippen molar-refractivity contribution in [1.29, 1.82) is 5.53 Å². The monoisotopic (exact) mass is 339 g/mol. The number of carboxylic acids is 1. The molecule has 1 heterocycles. The summed E-state index contributed by atoms with van der Waals surface area (Å²) >= 11 is 0. The Morgan fingerprint density at radius 1 is 1.00 bits per heavy atom. The third-order valence-corrected chi connectivity index (χ3v) is 3.90. The average Bonchev–Trinajstić information content (AvgIpc) is 2.83. The van der Waals surface area contributed by atoms with Crippen LogP contribution in [0.15, 0.2) is 11.2 Å². The predicted octanol–water partition coefficient (Wildman–Crippen LogP) is 3.67. The molecular formula is C16H25N3O5. The minimum Gasteiger partial charge on any atom is -0.494 e. The van der Waals surface area contributed by atoms with Crippen molar-refractivity contribution < 1.29 is 24.9 Å². The minimum absolute atomic E-state index is 0.163. The SMILES string of the molecule is N=NC(=O)c1cc(O)n(CCCCCCCCCCC(=O)O)c1O. The summed E-state index contributed by atoms with van der Waals surface area (Å²) < 4.78 is 1.24. The van der Waals surface area contributed by atoms with E-state index in [1.807, 2.05) is 0 Å². The second kappa shape index (κ2) is 10.4. The molecule has 24 heavy (non-hydrogen) atoms. The van der Waals surface area contributed by atoms with Crippen LogP contribution in [0.5, 0.6) is 11.8 Å². The Kier molecular flexibility index (Phi) is 8.53. The number of rotatable bonds is 12. The maximum atomic E-state index is 11.3. The quantitative estimate of drug-likeness (QED) is 0.340. The van der Waals surface area contributed by atoms with Gasteiger partial charge in [0.1, 0.15) is 5.56 Å². The highest BCUT2D eigenvalue weighted by molar-refractivity contribution is 5.97. The van der Waals surface area contributed by atoms with Gasteiger partial charge in [0.15, 0.2) is 5.88 Å². The molecule has 1 aromatic heterocycles. The zero-order valence-corrected chi connectivity index (χ0v) is 13.7. The van der Waals surface area contributed by atoms with E-state index in [2.05, 4.69) is 5.11 Å². The molecule has 0 bridgehead atoms. The lowest BCUT2D eigenvalue weighted by Gasteiger charge is -2.07. The maximum Gasteiger partial charge on any atom is 0.303 e. The summed E-state index contributed by atoms with van der Waals surface area (Å²) in [4.78, 5) is 21.6. The summed E-state index contributed by atoms with van der Waals surface area (Å²) in [7, 11) is 0. The fraction of sp³-hybridized carbons (Fsp3) is 0.625. The van der Waals surface area contributed by atoms with E-state index in [0.717, 1.165) is 57.4 Å². The number of unbranched alkanes of at least 4 members (excludes halogenated alkanes) is 7. The van der Waals surface area contributed by atoms with Crippen molar-refractivity contribution in [2.45, 2.75) is 64.3 Å². The molecular weight excluding hydrogens is 314 g/mol. The van der Waals surface area contributed by atoms with Crippen LogP contribution in [-0.2, 0) is 11.3 Å². The molecule has 0 unspecified atom stereocenters. The molecule has 0 saturated carbocycles. The normalized spacial score (nSPS) is 10.7. The molecule has 8 nitrogen and oxygen atoms in total. The number of aromatic nitrogens is 1. The Labute approximate surface area is 140 Å². The van der Waals surface area contributed by atoms with Crippen molar-refractivity contribution in [2.75, 3.05) is 0 Å². The Hall–Kier alpha value is -2.38. The lowest BCUT2D eigenvalue weighted by molar-refractivity contribution is -0.137.